The van der Waals surface area contributed by atoms with Gasteiger partial charge in [0, 0.05) is 24.0 Å². The Labute approximate surface area is 96.2 Å². The fraction of sp³-hybridized carbons (Fsp3) is 0.833. The topological polar surface area (TPSA) is 34.1 Å². The lowest BCUT2D eigenvalue weighted by Crippen LogP contribution is -2.38. The van der Waals surface area contributed by atoms with Crippen LogP contribution in [0.2, 0.25) is 0 Å². The van der Waals surface area contributed by atoms with Crippen molar-refractivity contribution < 1.29 is 9.59 Å². The lowest BCUT2D eigenvalue weighted by atomic mass is 9.76. The van der Waals surface area contributed by atoms with E-state index in [0.29, 0.717) is 18.1 Å². The third-order valence-electron chi connectivity index (χ3n) is 3.13. The van der Waals surface area contributed by atoms with Crippen molar-refractivity contribution in [1.29, 1.82) is 0 Å². The number of rotatable bonds is 2. The van der Waals surface area contributed by atoms with Crippen LogP contribution in [0.25, 0.3) is 0 Å². The number of thioether (sulfide) groups is 1. The number of hydrogen-bond donors (Lipinski definition) is 0. The minimum Gasteiger partial charge on any atom is -0.299 e. The second kappa shape index (κ2) is 4.69. The van der Waals surface area contributed by atoms with Crippen LogP contribution in [0, 0.1) is 11.8 Å². The Kier molecular flexibility index (Phi) is 3.99. The predicted molar refractivity (Wildman–Crippen MR) is 63.9 cm³/mol. The van der Waals surface area contributed by atoms with Crippen LogP contribution in [-0.4, -0.2) is 15.6 Å². The van der Waals surface area contributed by atoms with Crippen molar-refractivity contribution >= 4 is 22.7 Å². The fourth-order valence-corrected chi connectivity index (χ4v) is 3.51. The Balaban J connectivity index is 2.70. The Morgan fingerprint density at radius 2 is 2.00 bits per heavy atom. The average Bonchev–Trinajstić information content (AvgIpc) is 1.99. The highest BCUT2D eigenvalue weighted by Crippen LogP contribution is 2.40. The van der Waals surface area contributed by atoms with Gasteiger partial charge in [0.2, 0.25) is 0 Å². The summed E-state index contributed by atoms with van der Waals surface area (Å²) in [5.41, 5.74) is 0. The highest BCUT2D eigenvalue weighted by molar-refractivity contribution is 8.14. The summed E-state index contributed by atoms with van der Waals surface area (Å²) in [7, 11) is 0. The van der Waals surface area contributed by atoms with Gasteiger partial charge in [-0.3, -0.25) is 9.59 Å². The van der Waals surface area contributed by atoms with Gasteiger partial charge < -0.3 is 0 Å². The molecule has 2 unspecified atom stereocenters. The maximum Gasteiger partial charge on any atom is 0.186 e. The molecule has 0 aromatic rings. The smallest absolute Gasteiger partial charge is 0.186 e. The third kappa shape index (κ3) is 3.33. The van der Waals surface area contributed by atoms with Gasteiger partial charge in [-0.1, -0.05) is 18.7 Å². The molecule has 15 heavy (non-hydrogen) atoms. The van der Waals surface area contributed by atoms with Gasteiger partial charge in [0.15, 0.2) is 5.12 Å². The lowest BCUT2D eigenvalue weighted by Gasteiger charge is -2.36. The average molecular weight is 228 g/mol. The van der Waals surface area contributed by atoms with Gasteiger partial charge in [-0.25, -0.2) is 0 Å². The summed E-state index contributed by atoms with van der Waals surface area (Å²) in [5, 5.41) is 0.103. The summed E-state index contributed by atoms with van der Waals surface area (Å²) in [6.45, 7) is 7.72. The maximum absolute atomic E-state index is 11.9. The Hall–Kier alpha value is -0.310. The van der Waals surface area contributed by atoms with E-state index in [1.807, 2.05) is 13.8 Å². The number of hydrogen-bond acceptors (Lipinski definition) is 3. The molecule has 2 atom stereocenters. The molecule has 1 aliphatic carbocycles. The molecule has 1 aliphatic rings. The SMILES string of the molecule is CC(=O)SC(C)(C)C1CCC(C)CC1=O. The molecule has 0 aliphatic heterocycles. The van der Waals surface area contributed by atoms with Crippen LogP contribution in [0.1, 0.15) is 47.0 Å². The number of carbonyl (C=O) groups is 2. The Morgan fingerprint density at radius 1 is 1.40 bits per heavy atom. The Bertz CT molecular complexity index is 271. The van der Waals surface area contributed by atoms with Crippen molar-refractivity contribution in [2.75, 3.05) is 0 Å². The number of ketones is 1. The van der Waals surface area contributed by atoms with E-state index in [0.717, 1.165) is 12.8 Å². The van der Waals surface area contributed by atoms with Crippen LogP contribution in [0.15, 0.2) is 0 Å². The molecular formula is C12H20O2S. The molecular weight excluding hydrogens is 208 g/mol. The third-order valence-corrected chi connectivity index (χ3v) is 4.23. The summed E-state index contributed by atoms with van der Waals surface area (Å²) in [6, 6.07) is 0. The minimum absolute atomic E-state index is 0.0580. The van der Waals surface area contributed by atoms with Crippen molar-refractivity contribution in [3.8, 4) is 0 Å². The van der Waals surface area contributed by atoms with E-state index < -0.39 is 0 Å². The van der Waals surface area contributed by atoms with E-state index in [1.54, 1.807) is 6.92 Å². The van der Waals surface area contributed by atoms with Gasteiger partial charge in [-0.05, 0) is 32.6 Å². The maximum atomic E-state index is 11.9. The van der Waals surface area contributed by atoms with Crippen LogP contribution < -0.4 is 0 Å². The quantitative estimate of drug-likeness (QED) is 0.728. The van der Waals surface area contributed by atoms with Gasteiger partial charge in [0.25, 0.3) is 0 Å². The zero-order valence-electron chi connectivity index (χ0n) is 10.0. The lowest BCUT2D eigenvalue weighted by molar-refractivity contribution is -0.126. The van der Waals surface area contributed by atoms with Crippen LogP contribution in [0.4, 0.5) is 0 Å². The first-order chi connectivity index (χ1) is 6.83. The summed E-state index contributed by atoms with van der Waals surface area (Å²) < 4.78 is -0.233. The Morgan fingerprint density at radius 3 is 2.47 bits per heavy atom. The normalized spacial score (nSPS) is 27.9. The predicted octanol–water partition coefficient (Wildman–Crippen LogP) is 3.05. The summed E-state index contributed by atoms with van der Waals surface area (Å²) in [6.07, 6.45) is 2.73. The van der Waals surface area contributed by atoms with Crippen LogP contribution in [-0.2, 0) is 9.59 Å². The molecule has 0 radical (unpaired) electrons. The first kappa shape index (κ1) is 12.8. The molecule has 0 saturated heterocycles. The van der Waals surface area contributed by atoms with Crippen LogP contribution in [0.5, 0.6) is 0 Å². The molecule has 0 amide bonds. The summed E-state index contributed by atoms with van der Waals surface area (Å²) >= 11 is 1.31. The monoisotopic (exact) mass is 228 g/mol. The molecule has 0 N–H and O–H groups in total. The fourth-order valence-electron chi connectivity index (χ4n) is 2.38. The van der Waals surface area contributed by atoms with Crippen molar-refractivity contribution in [2.24, 2.45) is 11.8 Å². The van der Waals surface area contributed by atoms with E-state index >= 15 is 0 Å². The molecule has 1 rings (SSSR count). The zero-order valence-corrected chi connectivity index (χ0v) is 10.8. The molecule has 0 heterocycles. The standard InChI is InChI=1S/C12H20O2S/c1-8-5-6-10(11(14)7-8)12(3,4)15-9(2)13/h8,10H,5-7H2,1-4H3. The number of Topliss-reactive ketones (excluding diaryl/α,β-unsaturated/α-hetero) is 1. The summed E-state index contributed by atoms with van der Waals surface area (Å²) in [5.74, 6) is 0.918. The molecule has 2 nitrogen and oxygen atoms in total. The minimum atomic E-state index is -0.233. The first-order valence-corrected chi connectivity index (χ1v) is 6.37. The van der Waals surface area contributed by atoms with Crippen molar-refractivity contribution in [2.45, 2.75) is 51.7 Å². The molecule has 3 heteroatoms. The largest absolute Gasteiger partial charge is 0.299 e. The molecule has 86 valence electrons. The molecule has 0 aromatic heterocycles. The van der Waals surface area contributed by atoms with E-state index in [-0.39, 0.29) is 15.8 Å². The number of carbonyl (C=O) groups excluding carboxylic acids is 2. The van der Waals surface area contributed by atoms with Gasteiger partial charge in [-0.15, -0.1) is 0 Å². The molecule has 0 spiro atoms. The van der Waals surface area contributed by atoms with Crippen molar-refractivity contribution in [3.63, 3.8) is 0 Å². The van der Waals surface area contributed by atoms with E-state index in [2.05, 4.69) is 6.92 Å². The van der Waals surface area contributed by atoms with Gasteiger partial charge >= 0.3 is 0 Å². The first-order valence-electron chi connectivity index (χ1n) is 5.55. The molecule has 1 fully saturated rings. The highest BCUT2D eigenvalue weighted by atomic mass is 32.2. The van der Waals surface area contributed by atoms with E-state index in [9.17, 15) is 9.59 Å². The van der Waals surface area contributed by atoms with E-state index in [1.165, 1.54) is 11.8 Å². The second-order valence-corrected chi connectivity index (χ2v) is 6.93. The second-order valence-electron chi connectivity index (χ2n) is 5.10. The van der Waals surface area contributed by atoms with Gasteiger partial charge in [0.05, 0.1) is 0 Å². The van der Waals surface area contributed by atoms with Crippen molar-refractivity contribution in [3.05, 3.63) is 0 Å². The molecule has 0 bridgehead atoms. The highest BCUT2D eigenvalue weighted by Gasteiger charge is 2.39. The summed E-state index contributed by atoms with van der Waals surface area (Å²) in [4.78, 5) is 23.0. The van der Waals surface area contributed by atoms with Gasteiger partial charge in [0.1, 0.15) is 5.78 Å². The van der Waals surface area contributed by atoms with Crippen LogP contribution in [0.3, 0.4) is 0 Å². The molecule has 1 saturated carbocycles. The van der Waals surface area contributed by atoms with Crippen LogP contribution >= 0.6 is 11.8 Å². The zero-order chi connectivity index (χ0) is 11.6. The van der Waals surface area contributed by atoms with E-state index in [4.69, 9.17) is 0 Å². The van der Waals surface area contributed by atoms with Crippen molar-refractivity contribution in [1.82, 2.24) is 0 Å². The molecule has 0 aromatic carbocycles. The van der Waals surface area contributed by atoms with Gasteiger partial charge in [-0.2, -0.15) is 0 Å².